The van der Waals surface area contributed by atoms with Crippen molar-refractivity contribution in [3.8, 4) is 5.75 Å². The minimum absolute atomic E-state index is 0.430. The van der Waals surface area contributed by atoms with Crippen molar-refractivity contribution in [2.75, 3.05) is 23.5 Å². The maximum absolute atomic E-state index is 6.31. The lowest BCUT2D eigenvalue weighted by molar-refractivity contribution is 0.415. The summed E-state index contributed by atoms with van der Waals surface area (Å²) in [5, 5.41) is 7.19. The third-order valence-electron chi connectivity index (χ3n) is 4.34. The van der Waals surface area contributed by atoms with E-state index in [0.717, 1.165) is 27.2 Å². The van der Waals surface area contributed by atoms with Gasteiger partial charge < -0.3 is 21.1 Å². The molecule has 0 aliphatic carbocycles. The topological polar surface area (TPSA) is 98.0 Å². The molecule has 0 atom stereocenters. The summed E-state index contributed by atoms with van der Waals surface area (Å²) in [6.07, 6.45) is 1.47. The van der Waals surface area contributed by atoms with Gasteiger partial charge in [0.05, 0.1) is 17.3 Å². The number of rotatable bonds is 5. The van der Waals surface area contributed by atoms with Crippen molar-refractivity contribution in [2.24, 2.45) is 0 Å². The molecule has 0 amide bonds. The van der Waals surface area contributed by atoms with E-state index in [9.17, 15) is 0 Å². The van der Waals surface area contributed by atoms with E-state index in [2.05, 4.69) is 38.6 Å². The van der Waals surface area contributed by atoms with Crippen molar-refractivity contribution in [3.05, 3.63) is 53.9 Å². The molecule has 0 fully saturated rings. The second kappa shape index (κ2) is 7.32. The quantitative estimate of drug-likeness (QED) is 0.449. The van der Waals surface area contributed by atoms with E-state index < -0.39 is 0 Å². The Morgan fingerprint density at radius 2 is 1.79 bits per heavy atom. The lowest BCUT2D eigenvalue weighted by Gasteiger charge is -2.13. The number of benzene rings is 2. The highest BCUT2D eigenvalue weighted by atomic mass is 32.1. The zero-order chi connectivity index (χ0) is 19.7. The van der Waals surface area contributed by atoms with Crippen molar-refractivity contribution < 1.29 is 4.74 Å². The number of thiazole rings is 1. The average Bonchev–Trinajstić information content (AvgIpc) is 3.08. The fourth-order valence-electron chi connectivity index (χ4n) is 2.86. The van der Waals surface area contributed by atoms with Crippen LogP contribution < -0.4 is 21.1 Å². The number of aryl methyl sites for hydroxylation is 2. The number of nitrogens with one attached hydrogen (secondary N) is 2. The van der Waals surface area contributed by atoms with E-state index in [1.807, 2.05) is 37.3 Å². The summed E-state index contributed by atoms with van der Waals surface area (Å²) < 4.78 is 6.28. The maximum atomic E-state index is 6.31. The van der Waals surface area contributed by atoms with E-state index >= 15 is 0 Å². The Balaban J connectivity index is 1.61. The first-order valence-electron chi connectivity index (χ1n) is 8.70. The average molecular weight is 392 g/mol. The molecule has 2 aromatic heterocycles. The Hall–Kier alpha value is -3.39. The highest BCUT2D eigenvalue weighted by molar-refractivity contribution is 7.22. The zero-order valence-electron chi connectivity index (χ0n) is 15.8. The van der Waals surface area contributed by atoms with Crippen LogP contribution in [-0.4, -0.2) is 22.1 Å². The number of nitrogens with two attached hydrogens (primary N) is 1. The van der Waals surface area contributed by atoms with Gasteiger partial charge in [0.1, 0.15) is 17.8 Å². The van der Waals surface area contributed by atoms with Gasteiger partial charge in [0.25, 0.3) is 0 Å². The van der Waals surface area contributed by atoms with E-state index in [1.165, 1.54) is 23.2 Å². The van der Waals surface area contributed by atoms with Gasteiger partial charge in [0, 0.05) is 5.69 Å². The SMILES string of the molecule is COc1ccc2nc(Nc3ncnc(Nc4ccc(C)cc4C)c3N)sc2c1. The summed E-state index contributed by atoms with van der Waals surface area (Å²) >= 11 is 1.51. The molecule has 4 aromatic rings. The van der Waals surface area contributed by atoms with Gasteiger partial charge in [-0.3, -0.25) is 0 Å². The molecule has 2 heterocycles. The molecule has 0 radical (unpaired) electrons. The fourth-order valence-corrected chi connectivity index (χ4v) is 3.76. The van der Waals surface area contributed by atoms with Crippen LogP contribution in [-0.2, 0) is 0 Å². The van der Waals surface area contributed by atoms with Crippen LogP contribution in [0, 0.1) is 13.8 Å². The molecule has 0 aliphatic heterocycles. The third kappa shape index (κ3) is 3.54. The van der Waals surface area contributed by atoms with E-state index in [0.29, 0.717) is 22.5 Å². The molecule has 0 saturated heterocycles. The number of anilines is 5. The minimum atomic E-state index is 0.430. The Morgan fingerprint density at radius 3 is 2.54 bits per heavy atom. The number of hydrogen-bond donors (Lipinski definition) is 3. The van der Waals surface area contributed by atoms with Crippen LogP contribution in [0.2, 0.25) is 0 Å². The zero-order valence-corrected chi connectivity index (χ0v) is 16.6. The third-order valence-corrected chi connectivity index (χ3v) is 5.27. The summed E-state index contributed by atoms with van der Waals surface area (Å²) in [6, 6.07) is 11.9. The van der Waals surface area contributed by atoms with Crippen LogP contribution in [0.15, 0.2) is 42.7 Å². The summed E-state index contributed by atoms with van der Waals surface area (Å²) in [7, 11) is 1.65. The lowest BCUT2D eigenvalue weighted by atomic mass is 10.1. The molecule has 4 rings (SSSR count). The van der Waals surface area contributed by atoms with Gasteiger partial charge in [-0.25, -0.2) is 15.0 Å². The molecule has 0 saturated carbocycles. The van der Waals surface area contributed by atoms with E-state index in [1.54, 1.807) is 7.11 Å². The number of nitrogens with zero attached hydrogens (tertiary/aromatic N) is 3. The van der Waals surface area contributed by atoms with Crippen LogP contribution in [0.3, 0.4) is 0 Å². The Bertz CT molecular complexity index is 1160. The van der Waals surface area contributed by atoms with Crippen molar-refractivity contribution in [2.45, 2.75) is 13.8 Å². The van der Waals surface area contributed by atoms with Gasteiger partial charge in [-0.2, -0.15) is 0 Å². The van der Waals surface area contributed by atoms with Crippen molar-refractivity contribution in [3.63, 3.8) is 0 Å². The van der Waals surface area contributed by atoms with Gasteiger partial charge >= 0.3 is 0 Å². The fraction of sp³-hybridized carbons (Fsp3) is 0.150. The molecule has 0 aliphatic rings. The first-order chi connectivity index (χ1) is 13.5. The van der Waals surface area contributed by atoms with Crippen LogP contribution in [0.5, 0.6) is 5.75 Å². The van der Waals surface area contributed by atoms with Crippen molar-refractivity contribution in [1.82, 2.24) is 15.0 Å². The molecular formula is C20H20N6OS. The monoisotopic (exact) mass is 392 g/mol. The first-order valence-corrected chi connectivity index (χ1v) is 9.51. The predicted molar refractivity (Wildman–Crippen MR) is 115 cm³/mol. The first kappa shape index (κ1) is 18.0. The standard InChI is InChI=1S/C20H20N6OS/c1-11-4-6-14(12(2)8-11)24-18-17(21)19(23-10-22-18)26-20-25-15-7-5-13(27-3)9-16(15)28-20/h4-10H,21H2,1-3H3,(H2,22,23,24,25,26). The van der Waals surface area contributed by atoms with E-state index in [-0.39, 0.29) is 0 Å². The Labute approximate surface area is 166 Å². The molecule has 0 bridgehead atoms. The minimum Gasteiger partial charge on any atom is -0.497 e. The molecular weight excluding hydrogens is 372 g/mol. The number of nitrogen functional groups attached to an aromatic ring is 1. The number of hydrogen-bond acceptors (Lipinski definition) is 8. The predicted octanol–water partition coefficient (Wildman–Crippen LogP) is 4.78. The summed E-state index contributed by atoms with van der Waals surface area (Å²) in [5.74, 6) is 1.85. The van der Waals surface area contributed by atoms with Crippen LogP contribution in [0.1, 0.15) is 11.1 Å². The van der Waals surface area contributed by atoms with Gasteiger partial charge in [-0.1, -0.05) is 29.0 Å². The second-order valence-electron chi connectivity index (χ2n) is 6.41. The van der Waals surface area contributed by atoms with Crippen molar-refractivity contribution >= 4 is 49.7 Å². The number of ether oxygens (including phenoxy) is 1. The number of fused-ring (bicyclic) bond motifs is 1. The molecule has 0 spiro atoms. The highest BCUT2D eigenvalue weighted by Crippen LogP contribution is 2.33. The summed E-state index contributed by atoms with van der Waals surface area (Å²) in [5.41, 5.74) is 10.9. The summed E-state index contributed by atoms with van der Waals surface area (Å²) in [6.45, 7) is 4.10. The molecule has 7 nitrogen and oxygen atoms in total. The molecule has 8 heteroatoms. The number of methoxy groups -OCH3 is 1. The van der Waals surface area contributed by atoms with Crippen molar-refractivity contribution in [1.29, 1.82) is 0 Å². The Morgan fingerprint density at radius 1 is 1.00 bits per heavy atom. The van der Waals surface area contributed by atoms with Gasteiger partial charge in [-0.15, -0.1) is 0 Å². The van der Waals surface area contributed by atoms with Crippen LogP contribution >= 0.6 is 11.3 Å². The second-order valence-corrected chi connectivity index (χ2v) is 7.44. The van der Waals surface area contributed by atoms with Gasteiger partial charge in [-0.05, 0) is 43.7 Å². The smallest absolute Gasteiger partial charge is 0.189 e. The molecule has 2 aromatic carbocycles. The molecule has 28 heavy (non-hydrogen) atoms. The molecule has 142 valence electrons. The normalized spacial score (nSPS) is 10.8. The van der Waals surface area contributed by atoms with Crippen LogP contribution in [0.4, 0.5) is 28.1 Å². The maximum Gasteiger partial charge on any atom is 0.189 e. The highest BCUT2D eigenvalue weighted by Gasteiger charge is 2.12. The van der Waals surface area contributed by atoms with Gasteiger partial charge in [0.15, 0.2) is 16.8 Å². The molecule has 4 N–H and O–H groups in total. The summed E-state index contributed by atoms with van der Waals surface area (Å²) in [4.78, 5) is 13.1. The Kier molecular flexibility index (Phi) is 4.70. The largest absolute Gasteiger partial charge is 0.497 e. The van der Waals surface area contributed by atoms with E-state index in [4.69, 9.17) is 10.5 Å². The van der Waals surface area contributed by atoms with Gasteiger partial charge in [0.2, 0.25) is 0 Å². The molecule has 0 unspecified atom stereocenters. The van der Waals surface area contributed by atoms with Crippen LogP contribution in [0.25, 0.3) is 10.2 Å². The number of aromatic nitrogens is 3. The lowest BCUT2D eigenvalue weighted by Crippen LogP contribution is -2.05.